The molecule has 4 aromatic rings. The van der Waals surface area contributed by atoms with Crippen molar-refractivity contribution in [2.75, 3.05) is 5.43 Å². The molecule has 0 amide bonds. The topological polar surface area (TPSA) is 128 Å². The number of nitrogens with zero attached hydrogens (tertiary/aromatic N) is 5. The molecule has 0 unspecified atom stereocenters. The second kappa shape index (κ2) is 9.06. The Kier molecular flexibility index (Phi) is 5.85. The fraction of sp³-hybridized carbons (Fsp3) is 0. The molecule has 3 aromatic carbocycles. The maximum Gasteiger partial charge on any atom is 0.301 e. The number of nitro benzene ring substituents is 2. The van der Waals surface area contributed by atoms with E-state index >= 15 is 0 Å². The molecule has 1 N–H and O–H groups in total. The van der Waals surface area contributed by atoms with Crippen LogP contribution in [0.5, 0.6) is 0 Å². The van der Waals surface area contributed by atoms with Crippen molar-refractivity contribution in [2.45, 2.75) is 0 Å². The van der Waals surface area contributed by atoms with E-state index in [-0.39, 0.29) is 11.5 Å². The van der Waals surface area contributed by atoms with Crippen LogP contribution in [0.3, 0.4) is 0 Å². The summed E-state index contributed by atoms with van der Waals surface area (Å²) in [5.74, 6) is -0.386. The van der Waals surface area contributed by atoms with Gasteiger partial charge in [-0.25, -0.2) is 9.07 Å². The molecule has 0 aliphatic carbocycles. The van der Waals surface area contributed by atoms with Crippen LogP contribution in [0, 0.1) is 26.0 Å². The average molecular weight is 446 g/mol. The summed E-state index contributed by atoms with van der Waals surface area (Å²) in [7, 11) is 0. The highest BCUT2D eigenvalue weighted by molar-refractivity contribution is 5.89. The molecule has 0 aliphatic rings. The third-order valence-corrected chi connectivity index (χ3v) is 4.66. The molecule has 0 aliphatic heterocycles. The summed E-state index contributed by atoms with van der Waals surface area (Å²) in [5, 5.41) is 30.8. The fourth-order valence-corrected chi connectivity index (χ4v) is 3.08. The first-order valence-electron chi connectivity index (χ1n) is 9.55. The minimum absolute atomic E-state index is 0.0133. The lowest BCUT2D eigenvalue weighted by Gasteiger charge is -2.02. The van der Waals surface area contributed by atoms with E-state index in [2.05, 4.69) is 15.6 Å². The molecule has 0 fully saturated rings. The van der Waals surface area contributed by atoms with Gasteiger partial charge in [0.1, 0.15) is 17.2 Å². The molecule has 1 aromatic heterocycles. The summed E-state index contributed by atoms with van der Waals surface area (Å²) in [6.45, 7) is 0. The van der Waals surface area contributed by atoms with Crippen molar-refractivity contribution in [2.24, 2.45) is 5.10 Å². The second-order valence-corrected chi connectivity index (χ2v) is 6.81. The maximum atomic E-state index is 13.4. The molecule has 0 bridgehead atoms. The molecular formula is C22H15FN6O4. The van der Waals surface area contributed by atoms with E-state index in [0.29, 0.717) is 16.8 Å². The number of nitro groups is 2. The molecule has 33 heavy (non-hydrogen) atoms. The molecular weight excluding hydrogens is 431 g/mol. The van der Waals surface area contributed by atoms with Crippen molar-refractivity contribution in [1.29, 1.82) is 0 Å². The zero-order valence-corrected chi connectivity index (χ0v) is 16.8. The Morgan fingerprint density at radius 2 is 1.70 bits per heavy atom. The zero-order chi connectivity index (χ0) is 23.4. The van der Waals surface area contributed by atoms with E-state index in [1.165, 1.54) is 24.4 Å². The Morgan fingerprint density at radius 1 is 0.970 bits per heavy atom. The number of non-ortho nitro benzene ring substituents is 1. The highest BCUT2D eigenvalue weighted by Gasteiger charge is 2.19. The summed E-state index contributed by atoms with van der Waals surface area (Å²) in [4.78, 5) is 20.8. The van der Waals surface area contributed by atoms with Gasteiger partial charge in [0.15, 0.2) is 0 Å². The number of para-hydroxylation sites is 1. The van der Waals surface area contributed by atoms with E-state index in [1.54, 1.807) is 23.0 Å². The Labute approximate surface area is 185 Å². The number of benzene rings is 3. The predicted molar refractivity (Wildman–Crippen MR) is 120 cm³/mol. The number of nitrogens with one attached hydrogen (secondary N) is 1. The summed E-state index contributed by atoms with van der Waals surface area (Å²) < 4.78 is 15.0. The summed E-state index contributed by atoms with van der Waals surface area (Å²) in [5.41, 5.74) is 4.16. The summed E-state index contributed by atoms with van der Waals surface area (Å²) >= 11 is 0. The maximum absolute atomic E-state index is 13.4. The van der Waals surface area contributed by atoms with Crippen molar-refractivity contribution in [3.05, 3.63) is 111 Å². The van der Waals surface area contributed by atoms with Crippen LogP contribution in [0.15, 0.2) is 84.1 Å². The number of hydrogen-bond acceptors (Lipinski definition) is 7. The molecule has 0 saturated carbocycles. The van der Waals surface area contributed by atoms with Gasteiger partial charge in [0.05, 0.1) is 27.8 Å². The molecule has 10 nitrogen and oxygen atoms in total. The quantitative estimate of drug-likeness (QED) is 0.243. The number of rotatable bonds is 7. The molecule has 0 spiro atoms. The van der Waals surface area contributed by atoms with Crippen molar-refractivity contribution in [3.8, 4) is 16.9 Å². The molecule has 0 radical (unpaired) electrons. The molecule has 0 atom stereocenters. The minimum atomic E-state index is -0.734. The lowest BCUT2D eigenvalue weighted by Crippen LogP contribution is -1.99. The summed E-state index contributed by atoms with van der Waals surface area (Å²) in [6, 6.07) is 18.3. The lowest BCUT2D eigenvalue weighted by atomic mass is 10.1. The number of hydrogen-bond donors (Lipinski definition) is 1. The Bertz CT molecular complexity index is 1350. The molecule has 11 heteroatoms. The first-order chi connectivity index (χ1) is 15.9. The van der Waals surface area contributed by atoms with Crippen molar-refractivity contribution in [1.82, 2.24) is 9.78 Å². The average Bonchev–Trinajstić information content (AvgIpc) is 3.24. The highest BCUT2D eigenvalue weighted by atomic mass is 19.1. The Balaban J connectivity index is 1.69. The van der Waals surface area contributed by atoms with E-state index in [9.17, 15) is 24.6 Å². The van der Waals surface area contributed by atoms with Crippen LogP contribution in [0.4, 0.5) is 21.5 Å². The molecule has 0 saturated heterocycles. The Morgan fingerprint density at radius 3 is 2.36 bits per heavy atom. The van der Waals surface area contributed by atoms with E-state index in [0.717, 1.165) is 17.8 Å². The monoisotopic (exact) mass is 446 g/mol. The van der Waals surface area contributed by atoms with E-state index < -0.39 is 21.2 Å². The first-order valence-corrected chi connectivity index (χ1v) is 9.55. The van der Waals surface area contributed by atoms with Crippen LogP contribution < -0.4 is 5.43 Å². The first kappa shape index (κ1) is 21.3. The van der Waals surface area contributed by atoms with Gasteiger partial charge in [0.2, 0.25) is 0 Å². The van der Waals surface area contributed by atoms with Gasteiger partial charge in [0.25, 0.3) is 5.69 Å². The van der Waals surface area contributed by atoms with Crippen LogP contribution in [0.1, 0.15) is 5.56 Å². The van der Waals surface area contributed by atoms with Crippen molar-refractivity contribution >= 4 is 23.3 Å². The van der Waals surface area contributed by atoms with Gasteiger partial charge < -0.3 is 0 Å². The molecule has 4 rings (SSSR count). The zero-order valence-electron chi connectivity index (χ0n) is 16.8. The predicted octanol–water partition coefficient (Wildman–Crippen LogP) is 4.94. The van der Waals surface area contributed by atoms with Gasteiger partial charge in [-0.15, -0.1) is 0 Å². The fourth-order valence-electron chi connectivity index (χ4n) is 3.08. The van der Waals surface area contributed by atoms with Gasteiger partial charge in [-0.3, -0.25) is 25.7 Å². The third kappa shape index (κ3) is 4.71. The van der Waals surface area contributed by atoms with Crippen molar-refractivity contribution in [3.63, 3.8) is 0 Å². The van der Waals surface area contributed by atoms with Crippen LogP contribution in [-0.4, -0.2) is 25.8 Å². The van der Waals surface area contributed by atoms with Gasteiger partial charge in [-0.2, -0.15) is 10.2 Å². The number of anilines is 1. The van der Waals surface area contributed by atoms with Crippen molar-refractivity contribution < 1.29 is 14.2 Å². The van der Waals surface area contributed by atoms with Gasteiger partial charge >= 0.3 is 5.69 Å². The van der Waals surface area contributed by atoms with E-state index in [4.69, 9.17) is 0 Å². The van der Waals surface area contributed by atoms with Gasteiger partial charge in [-0.05, 0) is 42.5 Å². The van der Waals surface area contributed by atoms with E-state index in [1.807, 2.05) is 30.3 Å². The number of halogens is 1. The number of aromatic nitrogens is 2. The van der Waals surface area contributed by atoms with Crippen LogP contribution in [-0.2, 0) is 0 Å². The molecule has 1 heterocycles. The minimum Gasteiger partial charge on any atom is -0.272 e. The van der Waals surface area contributed by atoms with Crippen LogP contribution in [0.25, 0.3) is 16.9 Å². The normalized spacial score (nSPS) is 10.9. The SMILES string of the molecule is O=[N+]([O-])c1ccc(N/N=C\c2cn(-c3ccccc3)nc2-c2ccc(F)cc2)c([N+](=O)[O-])c1. The van der Waals surface area contributed by atoms with Crippen LogP contribution >= 0.6 is 0 Å². The van der Waals surface area contributed by atoms with Crippen LogP contribution in [0.2, 0.25) is 0 Å². The highest BCUT2D eigenvalue weighted by Crippen LogP contribution is 2.29. The third-order valence-electron chi connectivity index (χ3n) is 4.66. The lowest BCUT2D eigenvalue weighted by molar-refractivity contribution is -0.393. The van der Waals surface area contributed by atoms with Gasteiger partial charge in [0, 0.05) is 23.4 Å². The number of hydrazone groups is 1. The largest absolute Gasteiger partial charge is 0.301 e. The van der Waals surface area contributed by atoms with Gasteiger partial charge in [-0.1, -0.05) is 18.2 Å². The molecule has 164 valence electrons. The smallest absolute Gasteiger partial charge is 0.272 e. The Hall–Kier alpha value is -4.93. The standard InChI is InChI=1S/C22H15FN6O4/c23-17-8-6-15(7-9-17)22-16(14-27(26-22)18-4-2-1-3-5-18)13-24-25-20-11-10-19(28(30)31)12-21(20)29(32)33/h1-14,25H/b24-13-. The summed E-state index contributed by atoms with van der Waals surface area (Å²) in [6.07, 6.45) is 3.12. The second-order valence-electron chi connectivity index (χ2n) is 6.81.